The number of halogens is 1. The number of rotatable bonds is 4. The molecule has 2 nitrogen and oxygen atoms in total. The Morgan fingerprint density at radius 2 is 2.10 bits per heavy atom. The highest BCUT2D eigenvalue weighted by Crippen LogP contribution is 2.32. The van der Waals surface area contributed by atoms with E-state index in [1.807, 2.05) is 37.3 Å². The molecule has 2 aromatic carbocycles. The van der Waals surface area contributed by atoms with Gasteiger partial charge in [-0.25, -0.2) is 4.39 Å². The van der Waals surface area contributed by atoms with Crippen LogP contribution in [0.15, 0.2) is 42.5 Å². The second-order valence-corrected chi connectivity index (χ2v) is 5.72. The summed E-state index contributed by atoms with van der Waals surface area (Å²) in [5.74, 6) is -0.193. The fourth-order valence-electron chi connectivity index (χ4n) is 3.11. The molecule has 110 valence electrons. The second kappa shape index (κ2) is 5.96. The Kier molecular flexibility index (Phi) is 4.04. The predicted molar refractivity (Wildman–Crippen MR) is 81.6 cm³/mol. The summed E-state index contributed by atoms with van der Waals surface area (Å²) in [6.07, 6.45) is 1.39. The predicted octanol–water partition coefficient (Wildman–Crippen LogP) is 3.44. The van der Waals surface area contributed by atoms with Crippen LogP contribution in [0, 0.1) is 12.7 Å². The number of benzene rings is 2. The molecule has 0 saturated heterocycles. The molecule has 2 unspecified atom stereocenters. The minimum Gasteiger partial charge on any atom is -0.387 e. The third-order valence-corrected chi connectivity index (χ3v) is 4.29. The number of aliphatic hydroxyl groups excluding tert-OH is 1. The Hall–Kier alpha value is -1.71. The summed E-state index contributed by atoms with van der Waals surface area (Å²) in [6, 6.07) is 13.0. The minimum atomic E-state index is -0.538. The van der Waals surface area contributed by atoms with E-state index in [4.69, 9.17) is 0 Å². The first-order valence-electron chi connectivity index (χ1n) is 7.40. The van der Waals surface area contributed by atoms with E-state index in [9.17, 15) is 9.50 Å². The Balaban J connectivity index is 1.67. The van der Waals surface area contributed by atoms with Gasteiger partial charge in [-0.15, -0.1) is 0 Å². The molecule has 21 heavy (non-hydrogen) atoms. The van der Waals surface area contributed by atoms with E-state index in [0.29, 0.717) is 6.54 Å². The lowest BCUT2D eigenvalue weighted by atomic mass is 10.0. The molecule has 2 aromatic rings. The average Bonchev–Trinajstić information content (AvgIpc) is 2.87. The van der Waals surface area contributed by atoms with Crippen LogP contribution in [0.4, 0.5) is 4.39 Å². The summed E-state index contributed by atoms with van der Waals surface area (Å²) >= 11 is 0. The van der Waals surface area contributed by atoms with Crippen molar-refractivity contribution >= 4 is 0 Å². The number of nitrogens with one attached hydrogen (secondary N) is 1. The van der Waals surface area contributed by atoms with Gasteiger partial charge in [0, 0.05) is 12.6 Å². The van der Waals surface area contributed by atoms with E-state index >= 15 is 0 Å². The van der Waals surface area contributed by atoms with Gasteiger partial charge in [0.15, 0.2) is 0 Å². The molecule has 0 heterocycles. The van der Waals surface area contributed by atoms with Crippen molar-refractivity contribution in [3.05, 3.63) is 70.5 Å². The van der Waals surface area contributed by atoms with Crippen LogP contribution in [0.3, 0.4) is 0 Å². The number of fused-ring (bicyclic) bond motifs is 1. The van der Waals surface area contributed by atoms with Gasteiger partial charge in [0.1, 0.15) is 5.82 Å². The molecule has 2 atom stereocenters. The quantitative estimate of drug-likeness (QED) is 0.902. The van der Waals surface area contributed by atoms with Crippen LogP contribution < -0.4 is 5.32 Å². The normalized spacial score (nSPS) is 18.5. The molecule has 0 aromatic heterocycles. The van der Waals surface area contributed by atoms with Crippen molar-refractivity contribution in [3.63, 3.8) is 0 Å². The largest absolute Gasteiger partial charge is 0.387 e. The molecule has 0 amide bonds. The lowest BCUT2D eigenvalue weighted by Crippen LogP contribution is -2.25. The van der Waals surface area contributed by atoms with Crippen molar-refractivity contribution in [2.75, 3.05) is 6.54 Å². The highest BCUT2D eigenvalue weighted by molar-refractivity contribution is 5.35. The Morgan fingerprint density at radius 1 is 1.29 bits per heavy atom. The molecule has 0 fully saturated rings. The van der Waals surface area contributed by atoms with E-state index in [1.165, 1.54) is 11.6 Å². The number of hydrogen-bond donors (Lipinski definition) is 2. The van der Waals surface area contributed by atoms with Crippen molar-refractivity contribution in [1.82, 2.24) is 5.32 Å². The second-order valence-electron chi connectivity index (χ2n) is 5.72. The van der Waals surface area contributed by atoms with Gasteiger partial charge in [-0.2, -0.15) is 0 Å². The van der Waals surface area contributed by atoms with Gasteiger partial charge < -0.3 is 10.4 Å². The van der Waals surface area contributed by atoms with Crippen molar-refractivity contribution in [1.29, 1.82) is 0 Å². The molecule has 2 N–H and O–H groups in total. The number of aliphatic hydroxyl groups is 1. The molecule has 3 heteroatoms. The smallest absolute Gasteiger partial charge is 0.123 e. The van der Waals surface area contributed by atoms with E-state index in [2.05, 4.69) is 5.32 Å². The number of hydrogen-bond acceptors (Lipinski definition) is 2. The summed E-state index contributed by atoms with van der Waals surface area (Å²) in [5, 5.41) is 13.7. The molecular formula is C18H20FNO. The first-order valence-corrected chi connectivity index (χ1v) is 7.40. The molecule has 0 saturated carbocycles. The van der Waals surface area contributed by atoms with E-state index < -0.39 is 6.10 Å². The highest BCUT2D eigenvalue weighted by atomic mass is 19.1. The maximum Gasteiger partial charge on any atom is 0.123 e. The standard InChI is InChI=1S/C18H20FNO/c1-12-4-2-3-5-15(12)18(21)11-20-17-9-7-13-6-8-14(19)10-16(13)17/h2-6,8,10,17-18,20-21H,7,9,11H2,1H3. The summed E-state index contributed by atoms with van der Waals surface area (Å²) in [4.78, 5) is 0. The van der Waals surface area contributed by atoms with Gasteiger partial charge in [0.05, 0.1) is 6.10 Å². The van der Waals surface area contributed by atoms with Crippen molar-refractivity contribution < 1.29 is 9.50 Å². The van der Waals surface area contributed by atoms with Crippen LogP contribution in [-0.4, -0.2) is 11.7 Å². The van der Waals surface area contributed by atoms with Crippen LogP contribution in [0.1, 0.15) is 40.8 Å². The lowest BCUT2D eigenvalue weighted by Gasteiger charge is -2.19. The summed E-state index contributed by atoms with van der Waals surface area (Å²) in [5.41, 5.74) is 4.28. The zero-order chi connectivity index (χ0) is 14.8. The van der Waals surface area contributed by atoms with Crippen LogP contribution in [-0.2, 0) is 6.42 Å². The van der Waals surface area contributed by atoms with Crippen molar-refractivity contribution in [3.8, 4) is 0 Å². The summed E-state index contributed by atoms with van der Waals surface area (Å²) in [6.45, 7) is 2.48. The van der Waals surface area contributed by atoms with Gasteiger partial charge in [0.2, 0.25) is 0 Å². The molecule has 1 aliphatic carbocycles. The maximum atomic E-state index is 13.4. The molecule has 3 rings (SSSR count). The fraction of sp³-hybridized carbons (Fsp3) is 0.333. The number of aryl methyl sites for hydroxylation is 2. The van der Waals surface area contributed by atoms with E-state index in [1.54, 1.807) is 6.07 Å². The lowest BCUT2D eigenvalue weighted by molar-refractivity contribution is 0.169. The molecule has 0 radical (unpaired) electrons. The van der Waals surface area contributed by atoms with E-state index in [-0.39, 0.29) is 11.9 Å². The van der Waals surface area contributed by atoms with Crippen molar-refractivity contribution in [2.24, 2.45) is 0 Å². The molecule has 0 spiro atoms. The SMILES string of the molecule is Cc1ccccc1C(O)CNC1CCc2ccc(F)cc21. The van der Waals surface area contributed by atoms with Gasteiger partial charge in [-0.1, -0.05) is 30.3 Å². The Labute approximate surface area is 124 Å². The molecule has 0 aliphatic heterocycles. The van der Waals surface area contributed by atoms with E-state index in [0.717, 1.165) is 29.5 Å². The van der Waals surface area contributed by atoms with Gasteiger partial charge in [0.25, 0.3) is 0 Å². The zero-order valence-electron chi connectivity index (χ0n) is 12.1. The molecule has 0 bridgehead atoms. The minimum absolute atomic E-state index is 0.134. The summed E-state index contributed by atoms with van der Waals surface area (Å²) in [7, 11) is 0. The Bertz CT molecular complexity index is 641. The van der Waals surface area contributed by atoms with Crippen LogP contribution in [0.2, 0.25) is 0 Å². The summed E-state index contributed by atoms with van der Waals surface area (Å²) < 4.78 is 13.4. The maximum absolute atomic E-state index is 13.4. The monoisotopic (exact) mass is 285 g/mol. The highest BCUT2D eigenvalue weighted by Gasteiger charge is 2.23. The van der Waals surface area contributed by atoms with Gasteiger partial charge >= 0.3 is 0 Å². The molecule has 1 aliphatic rings. The van der Waals surface area contributed by atoms with Crippen LogP contribution in [0.25, 0.3) is 0 Å². The van der Waals surface area contributed by atoms with Gasteiger partial charge in [-0.3, -0.25) is 0 Å². The van der Waals surface area contributed by atoms with Crippen LogP contribution in [0.5, 0.6) is 0 Å². The Morgan fingerprint density at radius 3 is 2.90 bits per heavy atom. The van der Waals surface area contributed by atoms with Gasteiger partial charge in [-0.05, 0) is 54.2 Å². The van der Waals surface area contributed by atoms with Crippen LogP contribution >= 0.6 is 0 Å². The third kappa shape index (κ3) is 2.99. The topological polar surface area (TPSA) is 32.3 Å². The third-order valence-electron chi connectivity index (χ3n) is 4.29. The first kappa shape index (κ1) is 14.2. The zero-order valence-corrected chi connectivity index (χ0v) is 12.1. The average molecular weight is 285 g/mol. The van der Waals surface area contributed by atoms with Crippen molar-refractivity contribution in [2.45, 2.75) is 31.9 Å². The fourth-order valence-corrected chi connectivity index (χ4v) is 3.11. The molecular weight excluding hydrogens is 265 g/mol. The first-order chi connectivity index (χ1) is 10.1.